The van der Waals surface area contributed by atoms with E-state index in [1.54, 1.807) is 0 Å². The van der Waals surface area contributed by atoms with Gasteiger partial charge in [0.2, 0.25) is 0 Å². The normalized spacial score (nSPS) is 40.9. The molecule has 4 fully saturated rings. The molecule has 4 aliphatic rings. The third kappa shape index (κ3) is 1.73. The zero-order chi connectivity index (χ0) is 12.9. The number of benzene rings is 1. The van der Waals surface area contributed by atoms with Gasteiger partial charge in [0.15, 0.2) is 0 Å². The van der Waals surface area contributed by atoms with Crippen LogP contribution in [-0.2, 0) is 0 Å². The molecule has 0 aliphatic heterocycles. The molecule has 98 valence electrons. The first-order valence-corrected chi connectivity index (χ1v) is 7.74. The highest BCUT2D eigenvalue weighted by atomic mass is 14.6. The Kier molecular flexibility index (Phi) is 2.49. The summed E-state index contributed by atoms with van der Waals surface area (Å²) in [5, 5.41) is 9.79. The fourth-order valence-electron chi connectivity index (χ4n) is 5.74. The van der Waals surface area contributed by atoms with Crippen LogP contribution in [0, 0.1) is 34.5 Å². The SMILES string of the molecule is N#C[C@H](c1ccccc1)C12CC3CC(CC(C3)C1)C2. The van der Waals surface area contributed by atoms with E-state index < -0.39 is 0 Å². The highest BCUT2D eigenvalue weighted by Gasteiger charge is 2.54. The van der Waals surface area contributed by atoms with Gasteiger partial charge >= 0.3 is 0 Å². The minimum atomic E-state index is 0.127. The molecule has 1 atom stereocenters. The number of nitrogens with zero attached hydrogens (tertiary/aromatic N) is 1. The van der Waals surface area contributed by atoms with Gasteiger partial charge in [-0.2, -0.15) is 5.26 Å². The summed E-state index contributed by atoms with van der Waals surface area (Å²) >= 11 is 0. The van der Waals surface area contributed by atoms with Gasteiger partial charge < -0.3 is 0 Å². The molecule has 19 heavy (non-hydrogen) atoms. The summed E-state index contributed by atoms with van der Waals surface area (Å²) in [5.41, 5.74) is 1.57. The van der Waals surface area contributed by atoms with Gasteiger partial charge in [-0.05, 0) is 67.3 Å². The first-order chi connectivity index (χ1) is 9.29. The minimum absolute atomic E-state index is 0.127. The summed E-state index contributed by atoms with van der Waals surface area (Å²) in [6.07, 6.45) is 8.29. The molecule has 0 saturated heterocycles. The van der Waals surface area contributed by atoms with Crippen molar-refractivity contribution in [3.8, 4) is 6.07 Å². The van der Waals surface area contributed by atoms with E-state index in [0.717, 1.165) is 17.8 Å². The van der Waals surface area contributed by atoms with Gasteiger partial charge in [0.05, 0.1) is 12.0 Å². The van der Waals surface area contributed by atoms with Crippen molar-refractivity contribution in [2.75, 3.05) is 0 Å². The molecule has 4 saturated carbocycles. The van der Waals surface area contributed by atoms with Crippen LogP contribution in [0.1, 0.15) is 50.0 Å². The van der Waals surface area contributed by atoms with Gasteiger partial charge in [-0.1, -0.05) is 30.3 Å². The van der Waals surface area contributed by atoms with Crippen molar-refractivity contribution in [1.82, 2.24) is 0 Å². The molecule has 0 N–H and O–H groups in total. The molecule has 1 nitrogen and oxygen atoms in total. The van der Waals surface area contributed by atoms with Crippen LogP contribution < -0.4 is 0 Å². The van der Waals surface area contributed by atoms with Crippen molar-refractivity contribution in [2.24, 2.45) is 23.2 Å². The van der Waals surface area contributed by atoms with Crippen molar-refractivity contribution in [2.45, 2.75) is 44.4 Å². The second-order valence-electron chi connectivity index (χ2n) is 7.25. The van der Waals surface area contributed by atoms with Crippen LogP contribution in [0.3, 0.4) is 0 Å². The monoisotopic (exact) mass is 251 g/mol. The fourth-order valence-corrected chi connectivity index (χ4v) is 5.74. The van der Waals surface area contributed by atoms with Crippen LogP contribution in [0.2, 0.25) is 0 Å². The lowest BCUT2D eigenvalue weighted by atomic mass is 9.46. The van der Waals surface area contributed by atoms with E-state index in [2.05, 4.69) is 36.4 Å². The summed E-state index contributed by atoms with van der Waals surface area (Å²) < 4.78 is 0. The van der Waals surface area contributed by atoms with Gasteiger partial charge in [-0.15, -0.1) is 0 Å². The van der Waals surface area contributed by atoms with Crippen molar-refractivity contribution < 1.29 is 0 Å². The summed E-state index contributed by atoms with van der Waals surface area (Å²) in [4.78, 5) is 0. The van der Waals surface area contributed by atoms with Gasteiger partial charge in [-0.3, -0.25) is 0 Å². The topological polar surface area (TPSA) is 23.8 Å². The van der Waals surface area contributed by atoms with Gasteiger partial charge in [-0.25, -0.2) is 0 Å². The molecule has 0 radical (unpaired) electrons. The predicted octanol–water partition coefficient (Wildman–Crippen LogP) is 4.51. The Morgan fingerprint density at radius 2 is 1.47 bits per heavy atom. The minimum Gasteiger partial charge on any atom is -0.198 e. The maximum atomic E-state index is 9.79. The highest BCUT2D eigenvalue weighted by Crippen LogP contribution is 2.64. The van der Waals surface area contributed by atoms with Gasteiger partial charge in [0.25, 0.3) is 0 Å². The number of hydrogen-bond acceptors (Lipinski definition) is 1. The smallest absolute Gasteiger partial charge is 0.0769 e. The average molecular weight is 251 g/mol. The number of hydrogen-bond donors (Lipinski definition) is 0. The zero-order valence-electron chi connectivity index (χ0n) is 11.4. The van der Waals surface area contributed by atoms with Crippen molar-refractivity contribution in [3.63, 3.8) is 0 Å². The van der Waals surface area contributed by atoms with Gasteiger partial charge in [0.1, 0.15) is 0 Å². The Morgan fingerprint density at radius 3 is 1.95 bits per heavy atom. The second-order valence-corrected chi connectivity index (χ2v) is 7.25. The Bertz CT molecular complexity index is 475. The fraction of sp³-hybridized carbons (Fsp3) is 0.611. The van der Waals surface area contributed by atoms with E-state index >= 15 is 0 Å². The van der Waals surface area contributed by atoms with E-state index in [1.807, 2.05) is 0 Å². The maximum absolute atomic E-state index is 9.79. The quantitative estimate of drug-likeness (QED) is 0.758. The first kappa shape index (κ1) is 11.5. The molecular weight excluding hydrogens is 230 g/mol. The molecule has 1 heteroatoms. The molecule has 0 amide bonds. The molecule has 0 heterocycles. The zero-order valence-corrected chi connectivity index (χ0v) is 11.4. The Morgan fingerprint density at radius 1 is 0.947 bits per heavy atom. The van der Waals surface area contributed by atoms with Crippen molar-refractivity contribution >= 4 is 0 Å². The predicted molar refractivity (Wildman–Crippen MR) is 75.4 cm³/mol. The van der Waals surface area contributed by atoms with Crippen LogP contribution >= 0.6 is 0 Å². The summed E-state index contributed by atoms with van der Waals surface area (Å²) in [6.45, 7) is 0. The lowest BCUT2D eigenvalue weighted by molar-refractivity contribution is -0.0594. The summed E-state index contributed by atoms with van der Waals surface area (Å²) in [6, 6.07) is 13.2. The Hall–Kier alpha value is -1.29. The Balaban J connectivity index is 1.72. The van der Waals surface area contributed by atoms with E-state index in [4.69, 9.17) is 0 Å². The third-order valence-electron chi connectivity index (χ3n) is 5.96. The van der Waals surface area contributed by atoms with Crippen LogP contribution in [0.5, 0.6) is 0 Å². The Labute approximate surface area is 115 Å². The lowest BCUT2D eigenvalue weighted by Crippen LogP contribution is -2.48. The van der Waals surface area contributed by atoms with Crippen LogP contribution in [-0.4, -0.2) is 0 Å². The molecule has 4 aliphatic carbocycles. The number of rotatable bonds is 2. The molecule has 0 spiro atoms. The first-order valence-electron chi connectivity index (χ1n) is 7.74. The molecule has 0 unspecified atom stereocenters. The molecular formula is C18H21N. The van der Waals surface area contributed by atoms with Crippen LogP contribution in [0.4, 0.5) is 0 Å². The highest BCUT2D eigenvalue weighted by molar-refractivity contribution is 5.29. The van der Waals surface area contributed by atoms with E-state index in [-0.39, 0.29) is 5.92 Å². The van der Waals surface area contributed by atoms with Crippen molar-refractivity contribution in [3.05, 3.63) is 35.9 Å². The number of nitriles is 1. The largest absolute Gasteiger partial charge is 0.198 e. The molecule has 0 aromatic heterocycles. The molecule has 4 bridgehead atoms. The average Bonchev–Trinajstić information content (AvgIpc) is 2.38. The standard InChI is InChI=1S/C18H21N/c19-12-17(16-4-2-1-3-5-16)18-9-13-6-14(10-18)8-15(7-13)11-18/h1-5,13-15,17H,6-11H2/t13?,14?,15?,17-,18?/m1/s1. The van der Waals surface area contributed by atoms with Gasteiger partial charge in [0, 0.05) is 0 Å². The molecule has 1 aromatic rings. The van der Waals surface area contributed by atoms with Crippen molar-refractivity contribution in [1.29, 1.82) is 5.26 Å². The van der Waals surface area contributed by atoms with E-state index in [1.165, 1.54) is 44.1 Å². The molecule has 1 aromatic carbocycles. The summed E-state index contributed by atoms with van der Waals surface area (Å²) in [5.74, 6) is 2.89. The van der Waals surface area contributed by atoms with E-state index in [9.17, 15) is 5.26 Å². The maximum Gasteiger partial charge on any atom is 0.0769 e. The van der Waals surface area contributed by atoms with Crippen LogP contribution in [0.15, 0.2) is 30.3 Å². The van der Waals surface area contributed by atoms with Crippen LogP contribution in [0.25, 0.3) is 0 Å². The lowest BCUT2D eigenvalue weighted by Gasteiger charge is -2.58. The second kappa shape index (κ2) is 4.10. The van der Waals surface area contributed by atoms with E-state index in [0.29, 0.717) is 5.41 Å². The summed E-state index contributed by atoms with van der Waals surface area (Å²) in [7, 11) is 0. The third-order valence-corrected chi connectivity index (χ3v) is 5.96. The molecule has 5 rings (SSSR count).